The molecular weight excluding hydrogens is 653 g/mol. The van der Waals surface area contributed by atoms with Gasteiger partial charge in [-0.25, -0.2) is 9.97 Å². The summed E-state index contributed by atoms with van der Waals surface area (Å²) in [6, 6.07) is 59.6. The van der Waals surface area contributed by atoms with Crippen LogP contribution in [0.3, 0.4) is 0 Å². The highest BCUT2D eigenvalue weighted by atomic mass is 32.2. The molecule has 0 bridgehead atoms. The molecule has 0 atom stereocenters. The van der Waals surface area contributed by atoms with Gasteiger partial charge in [-0.05, 0) is 69.8 Å². The fourth-order valence-electron chi connectivity index (χ4n) is 7.17. The topological polar surface area (TPSA) is 38.9 Å². The second-order valence-corrected chi connectivity index (χ2v) is 14.0. The van der Waals surface area contributed by atoms with Crippen LogP contribution in [0.15, 0.2) is 184 Å². The molecule has 0 spiro atoms. The van der Waals surface area contributed by atoms with E-state index >= 15 is 0 Å². The molecule has 52 heavy (non-hydrogen) atoms. The first-order valence-electron chi connectivity index (χ1n) is 17.4. The minimum Gasteiger partial charge on any atom is -0.456 e. The van der Waals surface area contributed by atoms with E-state index in [-0.39, 0.29) is 0 Å². The molecule has 0 amide bonds. The van der Waals surface area contributed by atoms with Crippen molar-refractivity contribution < 1.29 is 4.42 Å². The highest BCUT2D eigenvalue weighted by Gasteiger charge is 2.20. The van der Waals surface area contributed by atoms with E-state index in [1.807, 2.05) is 48.2 Å². The zero-order valence-corrected chi connectivity index (χ0v) is 28.8. The summed E-state index contributed by atoms with van der Waals surface area (Å²) >= 11 is 1.81. The molecule has 0 saturated heterocycles. The Morgan fingerprint density at radius 3 is 1.87 bits per heavy atom. The van der Waals surface area contributed by atoms with E-state index in [0.29, 0.717) is 5.82 Å². The Labute approximate surface area is 306 Å². The van der Waals surface area contributed by atoms with E-state index in [0.717, 1.165) is 71.6 Å². The molecule has 0 unspecified atom stereocenters. The zero-order chi connectivity index (χ0) is 34.4. The lowest BCUT2D eigenvalue weighted by atomic mass is 9.93. The third-order valence-corrected chi connectivity index (χ3v) is 10.9. The first-order valence-corrected chi connectivity index (χ1v) is 18.2. The van der Waals surface area contributed by atoms with Crippen molar-refractivity contribution in [1.82, 2.24) is 9.97 Å². The van der Waals surface area contributed by atoms with Crippen molar-refractivity contribution in [2.24, 2.45) is 0 Å². The lowest BCUT2D eigenvalue weighted by Crippen LogP contribution is -1.96. The monoisotopic (exact) mass is 682 g/mol. The lowest BCUT2D eigenvalue weighted by molar-refractivity contribution is 0.669. The maximum Gasteiger partial charge on any atom is 0.160 e. The number of nitrogens with zero attached hydrogens (tertiary/aromatic N) is 2. The number of rotatable bonds is 3. The molecule has 3 nitrogen and oxygen atoms in total. The fourth-order valence-corrected chi connectivity index (χ4v) is 8.30. The van der Waals surface area contributed by atoms with Crippen molar-refractivity contribution in [2.75, 3.05) is 0 Å². The van der Waals surface area contributed by atoms with Crippen LogP contribution in [0.25, 0.3) is 90.2 Å². The Balaban J connectivity index is 1.24. The Kier molecular flexibility index (Phi) is 7.40. The molecule has 1 aliphatic heterocycles. The molecule has 9 aromatic rings. The molecule has 4 heteroatoms. The summed E-state index contributed by atoms with van der Waals surface area (Å²) in [4.78, 5) is 12.6. The van der Waals surface area contributed by atoms with Gasteiger partial charge in [0.05, 0.1) is 11.4 Å². The number of hydrogen-bond acceptors (Lipinski definition) is 4. The normalized spacial score (nSPS) is 12.7. The molecular formula is C48H30N2OS. The molecule has 0 saturated carbocycles. The predicted octanol–water partition coefficient (Wildman–Crippen LogP) is 13.3. The summed E-state index contributed by atoms with van der Waals surface area (Å²) in [5.41, 5.74) is 13.5. The molecule has 10 rings (SSSR count). The SMILES string of the molecule is C1=C\c2ccc(-c3cc(-c4ccccc4)nc(-c4ccccc4)n3)cc2-c2cc3oc4ccccc4c3cc2Sc2ccccc2-c2ccccc2/1. The molecule has 1 aliphatic rings. The average Bonchev–Trinajstić information content (AvgIpc) is 3.57. The predicted molar refractivity (Wildman–Crippen MR) is 216 cm³/mol. The van der Waals surface area contributed by atoms with Crippen LogP contribution in [0.1, 0.15) is 11.1 Å². The summed E-state index contributed by atoms with van der Waals surface area (Å²) in [7, 11) is 0. The Bertz CT molecular complexity index is 2760. The summed E-state index contributed by atoms with van der Waals surface area (Å²) in [5.74, 6) is 0.696. The van der Waals surface area contributed by atoms with Gasteiger partial charge in [-0.3, -0.25) is 0 Å². The van der Waals surface area contributed by atoms with Crippen molar-refractivity contribution in [3.8, 4) is 56.2 Å². The van der Waals surface area contributed by atoms with E-state index in [2.05, 4.69) is 146 Å². The van der Waals surface area contributed by atoms with Crippen LogP contribution in [-0.4, -0.2) is 9.97 Å². The zero-order valence-electron chi connectivity index (χ0n) is 28.0. The van der Waals surface area contributed by atoms with Gasteiger partial charge in [-0.15, -0.1) is 0 Å². The Hall–Kier alpha value is -6.49. The van der Waals surface area contributed by atoms with Gasteiger partial charge < -0.3 is 4.42 Å². The van der Waals surface area contributed by atoms with Crippen LogP contribution >= 0.6 is 11.8 Å². The molecule has 0 aliphatic carbocycles. The largest absolute Gasteiger partial charge is 0.456 e. The highest BCUT2D eigenvalue weighted by Crippen LogP contribution is 2.47. The molecule has 0 fully saturated rings. The van der Waals surface area contributed by atoms with Crippen molar-refractivity contribution in [1.29, 1.82) is 0 Å². The second kappa shape index (κ2) is 12.7. The molecule has 2 aromatic heterocycles. The van der Waals surface area contributed by atoms with E-state index in [9.17, 15) is 0 Å². The minimum absolute atomic E-state index is 0.696. The number of para-hydroxylation sites is 1. The first-order chi connectivity index (χ1) is 25.7. The molecule has 7 aromatic carbocycles. The molecule has 244 valence electrons. The quantitative estimate of drug-likeness (QED) is 0.186. The molecule has 0 N–H and O–H groups in total. The second-order valence-electron chi connectivity index (χ2n) is 13.0. The van der Waals surface area contributed by atoms with E-state index in [1.54, 1.807) is 0 Å². The first kappa shape index (κ1) is 30.3. The van der Waals surface area contributed by atoms with Crippen molar-refractivity contribution in [2.45, 2.75) is 9.79 Å². The van der Waals surface area contributed by atoms with Crippen LogP contribution in [-0.2, 0) is 0 Å². The number of aromatic nitrogens is 2. The van der Waals surface area contributed by atoms with Crippen LogP contribution in [0.4, 0.5) is 0 Å². The van der Waals surface area contributed by atoms with Crippen LogP contribution in [0.5, 0.6) is 0 Å². The van der Waals surface area contributed by atoms with Gasteiger partial charge in [0.25, 0.3) is 0 Å². The maximum atomic E-state index is 6.50. The van der Waals surface area contributed by atoms with Gasteiger partial charge >= 0.3 is 0 Å². The van der Waals surface area contributed by atoms with Gasteiger partial charge in [0.1, 0.15) is 11.2 Å². The van der Waals surface area contributed by atoms with Crippen LogP contribution in [0, 0.1) is 0 Å². The van der Waals surface area contributed by atoms with Gasteiger partial charge in [0.2, 0.25) is 0 Å². The van der Waals surface area contributed by atoms with E-state index in [1.165, 1.54) is 21.6 Å². The Morgan fingerprint density at radius 1 is 0.385 bits per heavy atom. The number of benzene rings is 7. The van der Waals surface area contributed by atoms with Crippen molar-refractivity contribution in [3.05, 3.63) is 181 Å². The summed E-state index contributed by atoms with van der Waals surface area (Å²) in [5, 5.41) is 2.23. The molecule has 3 heterocycles. The smallest absolute Gasteiger partial charge is 0.160 e. The number of furan rings is 1. The third kappa shape index (κ3) is 5.41. The summed E-state index contributed by atoms with van der Waals surface area (Å²) in [6.07, 6.45) is 4.49. The average molecular weight is 683 g/mol. The van der Waals surface area contributed by atoms with Gasteiger partial charge in [0, 0.05) is 37.3 Å². The standard InChI is InChI=1S/C48H30N2OS/c1-3-14-33(15-4-1)42-30-43(50-48(49-42)34-16-5-2-6-17-34)35-26-25-32-24-23-31-13-7-8-18-36(31)38-20-10-12-22-46(38)52-47-29-40-37-19-9-11-21-44(37)51-45(40)28-41(47)39(32)27-35/h1-30H/b24-23-. The minimum atomic E-state index is 0.696. The number of hydrogen-bond donors (Lipinski definition) is 0. The van der Waals surface area contributed by atoms with Crippen LogP contribution < -0.4 is 0 Å². The lowest BCUT2D eigenvalue weighted by Gasteiger charge is -2.16. The van der Waals surface area contributed by atoms with Gasteiger partial charge in [0.15, 0.2) is 5.82 Å². The summed E-state index contributed by atoms with van der Waals surface area (Å²) in [6.45, 7) is 0. The molecule has 0 radical (unpaired) electrons. The van der Waals surface area contributed by atoms with E-state index in [4.69, 9.17) is 14.4 Å². The highest BCUT2D eigenvalue weighted by molar-refractivity contribution is 7.99. The third-order valence-electron chi connectivity index (χ3n) is 9.75. The van der Waals surface area contributed by atoms with Crippen molar-refractivity contribution >= 4 is 45.9 Å². The fraction of sp³-hybridized carbons (Fsp3) is 0. The Morgan fingerprint density at radius 2 is 1.04 bits per heavy atom. The van der Waals surface area contributed by atoms with Crippen molar-refractivity contribution in [3.63, 3.8) is 0 Å². The van der Waals surface area contributed by atoms with Gasteiger partial charge in [-0.2, -0.15) is 0 Å². The maximum absolute atomic E-state index is 6.50. The summed E-state index contributed by atoms with van der Waals surface area (Å²) < 4.78 is 6.50. The number of fused-ring (bicyclic) bond motifs is 9. The van der Waals surface area contributed by atoms with Gasteiger partial charge in [-0.1, -0.05) is 157 Å². The van der Waals surface area contributed by atoms with E-state index < -0.39 is 0 Å². The van der Waals surface area contributed by atoms with Crippen LogP contribution in [0.2, 0.25) is 0 Å².